The lowest BCUT2D eigenvalue weighted by atomic mass is 10.1. The Morgan fingerprint density at radius 2 is 2.07 bits per heavy atom. The van der Waals surface area contributed by atoms with Gasteiger partial charge in [-0.05, 0) is 31.0 Å². The van der Waals surface area contributed by atoms with Gasteiger partial charge in [0.15, 0.2) is 4.98 Å². The predicted molar refractivity (Wildman–Crippen MR) is 52.0 cm³/mol. The van der Waals surface area contributed by atoms with Crippen LogP contribution < -0.4 is 5.11 Å². The van der Waals surface area contributed by atoms with Crippen LogP contribution in [0.1, 0.15) is 11.1 Å². The van der Waals surface area contributed by atoms with E-state index in [9.17, 15) is 5.11 Å². The van der Waals surface area contributed by atoms with Gasteiger partial charge in [-0.25, -0.2) is 0 Å². The van der Waals surface area contributed by atoms with Crippen molar-refractivity contribution in [2.45, 2.75) is 13.8 Å². The van der Waals surface area contributed by atoms with E-state index in [1.54, 1.807) is 0 Å². The number of nitrogens with zero attached hydrogens (tertiary/aromatic N) is 2. The number of aromatic nitrogens is 1. The standard InChI is InChI=1S/C10H9N3O/c1-5-3-6(2)8-7(4-5)12-10(14)9(8)13-11/h3-4,11H,1-2H3. The Bertz CT molecular complexity index is 548. The SMILES string of the molecule is Cc1cc(C)c2c([N+]#N)c([O-])[nH]c2c1. The second kappa shape index (κ2) is 2.74. The Kier molecular flexibility index (Phi) is 1.68. The molecule has 0 aliphatic rings. The van der Waals surface area contributed by atoms with Gasteiger partial charge in [0.1, 0.15) is 0 Å². The monoisotopic (exact) mass is 187 g/mol. The summed E-state index contributed by atoms with van der Waals surface area (Å²) in [7, 11) is 0. The van der Waals surface area contributed by atoms with Crippen LogP contribution >= 0.6 is 0 Å². The van der Waals surface area contributed by atoms with Crippen LogP contribution in [0.25, 0.3) is 15.9 Å². The third-order valence-corrected chi connectivity index (χ3v) is 2.28. The van der Waals surface area contributed by atoms with Gasteiger partial charge in [0.25, 0.3) is 0 Å². The number of hydrogen-bond acceptors (Lipinski definition) is 2. The van der Waals surface area contributed by atoms with E-state index >= 15 is 0 Å². The first kappa shape index (κ1) is 8.57. The van der Waals surface area contributed by atoms with E-state index in [0.717, 1.165) is 16.6 Å². The quantitative estimate of drug-likeness (QED) is 0.643. The highest BCUT2D eigenvalue weighted by atomic mass is 16.3. The summed E-state index contributed by atoms with van der Waals surface area (Å²) in [5.41, 5.74) is 2.82. The molecular weight excluding hydrogens is 178 g/mol. The molecule has 4 nitrogen and oxygen atoms in total. The summed E-state index contributed by atoms with van der Waals surface area (Å²) in [4.78, 5) is 5.66. The Labute approximate surface area is 80.8 Å². The third kappa shape index (κ3) is 1.03. The van der Waals surface area contributed by atoms with E-state index in [1.165, 1.54) is 0 Å². The number of nitrogens with one attached hydrogen (secondary N) is 1. The van der Waals surface area contributed by atoms with Crippen LogP contribution in [-0.2, 0) is 0 Å². The minimum absolute atomic E-state index is 0.0949. The lowest BCUT2D eigenvalue weighted by Crippen LogP contribution is -1.87. The zero-order valence-corrected chi connectivity index (χ0v) is 7.96. The maximum atomic E-state index is 11.3. The molecular formula is C10H9N3O. The number of aromatic amines is 1. The van der Waals surface area contributed by atoms with E-state index in [2.05, 4.69) is 9.96 Å². The normalized spacial score (nSPS) is 10.4. The summed E-state index contributed by atoms with van der Waals surface area (Å²) >= 11 is 0. The largest absolute Gasteiger partial charge is 0.855 e. The number of fused-ring (bicyclic) bond motifs is 1. The Morgan fingerprint density at radius 1 is 1.36 bits per heavy atom. The predicted octanol–water partition coefficient (Wildman–Crippen LogP) is 2.34. The van der Waals surface area contributed by atoms with E-state index < -0.39 is 0 Å². The number of aryl methyl sites for hydroxylation is 2. The first-order valence-corrected chi connectivity index (χ1v) is 4.28. The Hall–Kier alpha value is -2.02. The molecule has 14 heavy (non-hydrogen) atoms. The smallest absolute Gasteiger partial charge is 0.402 e. The van der Waals surface area contributed by atoms with Gasteiger partial charge in [-0.15, -0.1) is 0 Å². The number of benzene rings is 1. The molecule has 0 aliphatic heterocycles. The molecule has 0 atom stereocenters. The van der Waals surface area contributed by atoms with Gasteiger partial charge in [0, 0.05) is 0 Å². The van der Waals surface area contributed by atoms with Crippen molar-refractivity contribution in [3.63, 3.8) is 0 Å². The highest BCUT2D eigenvalue weighted by molar-refractivity contribution is 5.98. The highest BCUT2D eigenvalue weighted by Gasteiger charge is 2.18. The average molecular weight is 187 g/mol. The van der Waals surface area contributed by atoms with Gasteiger partial charge in [-0.3, -0.25) is 0 Å². The number of H-pyrrole nitrogens is 1. The van der Waals surface area contributed by atoms with Crippen molar-refractivity contribution >= 4 is 16.6 Å². The molecule has 0 bridgehead atoms. The van der Waals surface area contributed by atoms with Crippen LogP contribution in [0.2, 0.25) is 0 Å². The van der Waals surface area contributed by atoms with E-state index in [-0.39, 0.29) is 11.6 Å². The van der Waals surface area contributed by atoms with Gasteiger partial charge in [-0.1, -0.05) is 6.07 Å². The molecule has 0 aliphatic carbocycles. The molecule has 0 saturated carbocycles. The van der Waals surface area contributed by atoms with E-state index in [4.69, 9.17) is 5.39 Å². The van der Waals surface area contributed by atoms with Gasteiger partial charge >= 0.3 is 5.69 Å². The summed E-state index contributed by atoms with van der Waals surface area (Å²) < 4.78 is 0. The summed E-state index contributed by atoms with van der Waals surface area (Å²) in [5, 5.41) is 20.7. The van der Waals surface area contributed by atoms with Crippen molar-refractivity contribution in [1.29, 1.82) is 5.39 Å². The van der Waals surface area contributed by atoms with Crippen molar-refractivity contribution in [2.24, 2.45) is 0 Å². The minimum atomic E-state index is -0.351. The van der Waals surface area contributed by atoms with Crippen LogP contribution in [0.15, 0.2) is 12.1 Å². The van der Waals surface area contributed by atoms with E-state index in [0.29, 0.717) is 5.39 Å². The maximum Gasteiger partial charge on any atom is 0.402 e. The molecule has 70 valence electrons. The number of hydrogen-bond donors (Lipinski definition) is 1. The van der Waals surface area contributed by atoms with Gasteiger partial charge < -0.3 is 10.1 Å². The highest BCUT2D eigenvalue weighted by Crippen LogP contribution is 2.36. The van der Waals surface area contributed by atoms with Crippen LogP contribution in [0.4, 0.5) is 5.69 Å². The molecule has 1 aromatic heterocycles. The molecule has 0 fully saturated rings. The van der Waals surface area contributed by atoms with Crippen LogP contribution in [0.3, 0.4) is 0 Å². The Morgan fingerprint density at radius 3 is 2.71 bits per heavy atom. The minimum Gasteiger partial charge on any atom is -0.855 e. The lowest BCUT2D eigenvalue weighted by molar-refractivity contribution is -0.272. The molecule has 1 aromatic carbocycles. The summed E-state index contributed by atoms with van der Waals surface area (Å²) in [5.74, 6) is -0.351. The number of rotatable bonds is 0. The Balaban J connectivity index is 2.97. The number of diazo groups is 1. The van der Waals surface area contributed by atoms with Crippen molar-refractivity contribution in [2.75, 3.05) is 0 Å². The molecule has 0 unspecified atom stereocenters. The van der Waals surface area contributed by atoms with Crippen LogP contribution in [-0.4, -0.2) is 4.98 Å². The van der Waals surface area contributed by atoms with Gasteiger partial charge in [0.05, 0.1) is 16.8 Å². The molecule has 0 saturated heterocycles. The van der Waals surface area contributed by atoms with Crippen molar-refractivity contribution in [3.05, 3.63) is 28.2 Å². The topological polar surface area (TPSA) is 67.0 Å². The molecule has 4 heteroatoms. The second-order valence-corrected chi connectivity index (χ2v) is 3.41. The zero-order chi connectivity index (χ0) is 10.3. The van der Waals surface area contributed by atoms with Crippen LogP contribution in [0.5, 0.6) is 5.88 Å². The average Bonchev–Trinajstić information content (AvgIpc) is 2.40. The molecule has 2 rings (SSSR count). The van der Waals surface area contributed by atoms with E-state index in [1.807, 2.05) is 26.0 Å². The first-order valence-electron chi connectivity index (χ1n) is 4.28. The summed E-state index contributed by atoms with van der Waals surface area (Å²) in [6.07, 6.45) is 0. The van der Waals surface area contributed by atoms with Crippen LogP contribution in [0, 0.1) is 19.2 Å². The maximum absolute atomic E-state index is 11.3. The lowest BCUT2D eigenvalue weighted by Gasteiger charge is -1.96. The molecule has 0 radical (unpaired) electrons. The van der Waals surface area contributed by atoms with Crippen molar-refractivity contribution < 1.29 is 5.11 Å². The molecule has 0 amide bonds. The first-order chi connectivity index (χ1) is 6.63. The summed E-state index contributed by atoms with van der Waals surface area (Å²) in [6.45, 7) is 3.84. The third-order valence-electron chi connectivity index (χ3n) is 2.28. The molecule has 0 spiro atoms. The van der Waals surface area contributed by atoms with Crippen molar-refractivity contribution in [1.82, 2.24) is 4.98 Å². The van der Waals surface area contributed by atoms with Crippen molar-refractivity contribution in [3.8, 4) is 5.88 Å². The second-order valence-electron chi connectivity index (χ2n) is 3.41. The molecule has 2 aromatic rings. The zero-order valence-electron chi connectivity index (χ0n) is 7.96. The fourth-order valence-electron chi connectivity index (χ4n) is 1.77. The summed E-state index contributed by atoms with van der Waals surface area (Å²) in [6, 6.07) is 3.81. The van der Waals surface area contributed by atoms with Gasteiger partial charge in [-0.2, -0.15) is 0 Å². The van der Waals surface area contributed by atoms with Gasteiger partial charge in [0.2, 0.25) is 5.39 Å². The fourth-order valence-corrected chi connectivity index (χ4v) is 1.77. The molecule has 1 N–H and O–H groups in total. The fraction of sp³-hybridized carbons (Fsp3) is 0.200. The molecule has 1 heterocycles.